The molecular weight excluding hydrogens is 435 g/mol. The minimum atomic E-state index is -5.83. The lowest BCUT2D eigenvalue weighted by atomic mass is 9.99. The van der Waals surface area contributed by atoms with Crippen molar-refractivity contribution in [2.45, 2.75) is 12.1 Å². The van der Waals surface area contributed by atoms with Crippen LogP contribution in [0.1, 0.15) is 5.69 Å². The first-order valence-electron chi connectivity index (χ1n) is 9.05. The highest BCUT2D eigenvalue weighted by Crippen LogP contribution is 2.45. The maximum atomic E-state index is 14.3. The molecule has 4 heterocycles. The zero-order valence-corrected chi connectivity index (χ0v) is 15.8. The normalized spacial score (nSPS) is 12.7. The number of rotatable bonds is 3. The SMILES string of the molecule is Nc1ccc(-c2cc(C(F)(F)C(F)(F)F)nc3c2ccc2nc(-c4nnco4)cn23)cc1. The Hall–Kier alpha value is -4.09. The Labute approximate surface area is 175 Å². The largest absolute Gasteiger partial charge is 0.459 e. The predicted octanol–water partition coefficient (Wildman–Crippen LogP) is 4.84. The molecule has 0 atom stereocenters. The molecule has 0 aliphatic carbocycles. The van der Waals surface area contributed by atoms with Gasteiger partial charge >= 0.3 is 12.1 Å². The van der Waals surface area contributed by atoms with E-state index in [4.69, 9.17) is 10.2 Å². The monoisotopic (exact) mass is 446 g/mol. The number of alkyl halides is 5. The summed E-state index contributed by atoms with van der Waals surface area (Å²) in [6.07, 6.45) is -3.37. The summed E-state index contributed by atoms with van der Waals surface area (Å²) in [6.45, 7) is 0. The zero-order chi connectivity index (χ0) is 22.7. The Bertz CT molecular complexity index is 1440. The number of imidazole rings is 1. The fourth-order valence-electron chi connectivity index (χ4n) is 3.32. The summed E-state index contributed by atoms with van der Waals surface area (Å²) in [4.78, 5) is 7.96. The van der Waals surface area contributed by atoms with Gasteiger partial charge in [0.1, 0.15) is 22.7 Å². The molecule has 2 N–H and O–H groups in total. The summed E-state index contributed by atoms with van der Waals surface area (Å²) in [7, 11) is 0. The molecular formula is C20H11F5N6O. The summed E-state index contributed by atoms with van der Waals surface area (Å²) in [6, 6.07) is 9.96. The topological polar surface area (TPSA) is 95.1 Å². The van der Waals surface area contributed by atoms with Crippen molar-refractivity contribution in [3.63, 3.8) is 0 Å². The predicted molar refractivity (Wildman–Crippen MR) is 104 cm³/mol. The number of benzene rings is 1. The summed E-state index contributed by atoms with van der Waals surface area (Å²) in [5.41, 5.74) is 5.48. The molecule has 7 nitrogen and oxygen atoms in total. The summed E-state index contributed by atoms with van der Waals surface area (Å²) < 4.78 is 74.5. The second kappa shape index (κ2) is 6.70. The Morgan fingerprint density at radius 2 is 1.69 bits per heavy atom. The molecule has 5 aromatic rings. The van der Waals surface area contributed by atoms with Crippen LogP contribution in [0.3, 0.4) is 0 Å². The molecule has 0 radical (unpaired) electrons. The molecule has 5 rings (SSSR count). The second-order valence-corrected chi connectivity index (χ2v) is 6.92. The van der Waals surface area contributed by atoms with E-state index < -0.39 is 17.8 Å². The van der Waals surface area contributed by atoms with E-state index in [0.717, 1.165) is 12.5 Å². The van der Waals surface area contributed by atoms with Crippen molar-refractivity contribution < 1.29 is 26.4 Å². The van der Waals surface area contributed by atoms with E-state index in [9.17, 15) is 22.0 Å². The molecule has 0 saturated carbocycles. The maximum absolute atomic E-state index is 14.3. The molecule has 0 unspecified atom stereocenters. The lowest BCUT2D eigenvalue weighted by Gasteiger charge is -2.20. The molecule has 0 saturated heterocycles. The number of hydrogen-bond donors (Lipinski definition) is 1. The van der Waals surface area contributed by atoms with Gasteiger partial charge in [0.25, 0.3) is 5.89 Å². The molecule has 1 aromatic carbocycles. The van der Waals surface area contributed by atoms with Crippen molar-refractivity contribution in [1.82, 2.24) is 24.6 Å². The minimum absolute atomic E-state index is 0.0531. The Morgan fingerprint density at radius 1 is 0.938 bits per heavy atom. The van der Waals surface area contributed by atoms with Crippen LogP contribution in [0.4, 0.5) is 27.6 Å². The van der Waals surface area contributed by atoms with Crippen molar-refractivity contribution >= 4 is 22.4 Å². The Balaban J connectivity index is 1.85. The summed E-state index contributed by atoms with van der Waals surface area (Å²) >= 11 is 0. The van der Waals surface area contributed by atoms with Gasteiger partial charge in [0, 0.05) is 17.3 Å². The van der Waals surface area contributed by atoms with E-state index in [-0.39, 0.29) is 28.4 Å². The van der Waals surface area contributed by atoms with Gasteiger partial charge in [0.05, 0.1) is 0 Å². The number of nitrogen functional groups attached to an aromatic ring is 1. The maximum Gasteiger partial charge on any atom is 0.459 e. The van der Waals surface area contributed by atoms with Crippen LogP contribution in [-0.4, -0.2) is 30.7 Å². The van der Waals surface area contributed by atoms with E-state index >= 15 is 0 Å². The molecule has 12 heteroatoms. The van der Waals surface area contributed by atoms with Crippen molar-refractivity contribution in [1.29, 1.82) is 0 Å². The summed E-state index contributed by atoms with van der Waals surface area (Å²) in [5, 5.41) is 7.61. The van der Waals surface area contributed by atoms with Crippen molar-refractivity contribution in [2.75, 3.05) is 5.73 Å². The van der Waals surface area contributed by atoms with E-state index in [1.165, 1.54) is 34.9 Å². The van der Waals surface area contributed by atoms with Gasteiger partial charge < -0.3 is 10.2 Å². The third kappa shape index (κ3) is 3.02. The highest BCUT2D eigenvalue weighted by molar-refractivity contribution is 5.94. The van der Waals surface area contributed by atoms with E-state index in [1.807, 2.05) is 0 Å². The van der Waals surface area contributed by atoms with Crippen LogP contribution in [0.25, 0.3) is 39.4 Å². The lowest BCUT2D eigenvalue weighted by Crippen LogP contribution is -2.34. The third-order valence-electron chi connectivity index (χ3n) is 4.88. The highest BCUT2D eigenvalue weighted by atomic mass is 19.4. The van der Waals surface area contributed by atoms with E-state index in [2.05, 4.69) is 20.2 Å². The third-order valence-corrected chi connectivity index (χ3v) is 4.88. The van der Waals surface area contributed by atoms with Gasteiger partial charge in [0.15, 0.2) is 0 Å². The van der Waals surface area contributed by atoms with Gasteiger partial charge in [-0.1, -0.05) is 12.1 Å². The van der Waals surface area contributed by atoms with Gasteiger partial charge in [-0.3, -0.25) is 4.40 Å². The fraction of sp³-hybridized carbons (Fsp3) is 0.100. The first-order chi connectivity index (χ1) is 15.1. The first kappa shape index (κ1) is 19.8. The second-order valence-electron chi connectivity index (χ2n) is 6.92. The van der Waals surface area contributed by atoms with Crippen LogP contribution < -0.4 is 5.73 Å². The van der Waals surface area contributed by atoms with Gasteiger partial charge in [-0.25, -0.2) is 9.97 Å². The quantitative estimate of drug-likeness (QED) is 0.315. The van der Waals surface area contributed by atoms with Crippen LogP contribution in [0.5, 0.6) is 0 Å². The highest BCUT2D eigenvalue weighted by Gasteiger charge is 2.60. The van der Waals surface area contributed by atoms with Crippen LogP contribution in [0, 0.1) is 0 Å². The number of halogens is 5. The summed E-state index contributed by atoms with van der Waals surface area (Å²) in [5.74, 6) is -5.13. The van der Waals surface area contributed by atoms with Crippen molar-refractivity contribution in [2.24, 2.45) is 0 Å². The molecule has 0 amide bonds. The van der Waals surface area contributed by atoms with Gasteiger partial charge in [0.2, 0.25) is 6.39 Å². The Morgan fingerprint density at radius 3 is 2.34 bits per heavy atom. The van der Waals surface area contributed by atoms with Crippen LogP contribution >= 0.6 is 0 Å². The fourth-order valence-corrected chi connectivity index (χ4v) is 3.32. The number of fused-ring (bicyclic) bond motifs is 3. The molecule has 0 fully saturated rings. The molecule has 4 aromatic heterocycles. The van der Waals surface area contributed by atoms with Crippen molar-refractivity contribution in [3.8, 4) is 22.7 Å². The first-order valence-corrected chi connectivity index (χ1v) is 9.05. The van der Waals surface area contributed by atoms with E-state index in [1.54, 1.807) is 12.1 Å². The Kier molecular flexibility index (Phi) is 4.16. The lowest BCUT2D eigenvalue weighted by molar-refractivity contribution is -0.290. The van der Waals surface area contributed by atoms with E-state index in [0.29, 0.717) is 16.6 Å². The van der Waals surface area contributed by atoms with Crippen LogP contribution in [-0.2, 0) is 5.92 Å². The molecule has 0 aliphatic heterocycles. The molecule has 162 valence electrons. The number of hydrogen-bond acceptors (Lipinski definition) is 6. The zero-order valence-electron chi connectivity index (χ0n) is 15.8. The molecule has 0 bridgehead atoms. The molecule has 0 aliphatic rings. The average Bonchev–Trinajstić information content (AvgIpc) is 3.42. The van der Waals surface area contributed by atoms with Crippen LogP contribution in [0.2, 0.25) is 0 Å². The van der Waals surface area contributed by atoms with Gasteiger partial charge in [-0.2, -0.15) is 22.0 Å². The standard InChI is InChI=1S/C20H11F5N6O/c21-19(22,20(23,24)25)15-7-13(10-1-3-11(26)4-2-10)12-5-6-16-28-14(18-30-27-9-32-18)8-31(16)17(12)29-15/h1-9H,26H2. The molecule has 32 heavy (non-hydrogen) atoms. The number of anilines is 1. The smallest absolute Gasteiger partial charge is 0.422 e. The molecule has 0 spiro atoms. The number of nitrogens with zero attached hydrogens (tertiary/aromatic N) is 5. The van der Waals surface area contributed by atoms with Gasteiger partial charge in [-0.15, -0.1) is 10.2 Å². The number of nitrogens with two attached hydrogens (primary N) is 1. The van der Waals surface area contributed by atoms with Gasteiger partial charge in [-0.05, 0) is 41.5 Å². The average molecular weight is 446 g/mol. The van der Waals surface area contributed by atoms with Crippen LogP contribution in [0.15, 0.2) is 59.5 Å². The number of pyridine rings is 2. The minimum Gasteiger partial charge on any atom is -0.422 e. The number of aromatic nitrogens is 5. The van der Waals surface area contributed by atoms with Crippen molar-refractivity contribution in [3.05, 3.63) is 60.7 Å².